The minimum atomic E-state index is -0.111. The Bertz CT molecular complexity index is 611. The van der Waals surface area contributed by atoms with E-state index < -0.39 is 0 Å². The van der Waals surface area contributed by atoms with Gasteiger partial charge in [0.05, 0.1) is 6.54 Å². The number of nitrogens with one attached hydrogen (secondary N) is 1. The molecule has 7 nitrogen and oxygen atoms in total. The maximum Gasteiger partial charge on any atom is 0.239 e. The molecule has 2 amide bonds. The summed E-state index contributed by atoms with van der Waals surface area (Å²) in [5.74, 6) is 0.968. The van der Waals surface area contributed by atoms with Gasteiger partial charge in [0.15, 0.2) is 0 Å². The summed E-state index contributed by atoms with van der Waals surface area (Å²) in [4.78, 5) is 34.8. The highest BCUT2D eigenvalue weighted by Gasteiger charge is 2.20. The average Bonchev–Trinajstić information content (AvgIpc) is 2.69. The summed E-state index contributed by atoms with van der Waals surface area (Å²) in [5, 5.41) is 2.89. The molecule has 0 aliphatic carbocycles. The van der Waals surface area contributed by atoms with Crippen molar-refractivity contribution >= 4 is 17.6 Å². The Hall–Kier alpha value is -2.15. The number of likely N-dealkylation sites (N-methyl/N-ethyl adjacent to an activating group) is 1. The van der Waals surface area contributed by atoms with Crippen LogP contribution in [0.4, 0.5) is 5.82 Å². The van der Waals surface area contributed by atoms with Gasteiger partial charge in [0.1, 0.15) is 5.82 Å². The van der Waals surface area contributed by atoms with Gasteiger partial charge in [0.25, 0.3) is 0 Å². The van der Waals surface area contributed by atoms with Gasteiger partial charge in [-0.05, 0) is 31.0 Å². The number of likely N-dealkylation sites (tertiary alicyclic amines) is 1. The van der Waals surface area contributed by atoms with E-state index in [1.165, 1.54) is 0 Å². The Balaban J connectivity index is 1.44. The van der Waals surface area contributed by atoms with Crippen LogP contribution < -0.4 is 10.2 Å². The molecule has 0 radical (unpaired) electrons. The second-order valence-electron chi connectivity index (χ2n) is 7.00. The van der Waals surface area contributed by atoms with Gasteiger partial charge < -0.3 is 20.0 Å². The molecular formula is C19H29N5O2. The Labute approximate surface area is 155 Å². The zero-order valence-electron chi connectivity index (χ0n) is 15.6. The van der Waals surface area contributed by atoms with Gasteiger partial charge in [0, 0.05) is 51.9 Å². The monoisotopic (exact) mass is 359 g/mol. The van der Waals surface area contributed by atoms with E-state index in [2.05, 4.69) is 27.0 Å². The molecule has 3 heterocycles. The van der Waals surface area contributed by atoms with Crippen molar-refractivity contribution in [2.24, 2.45) is 0 Å². The maximum atomic E-state index is 12.1. The maximum absolute atomic E-state index is 12.1. The van der Waals surface area contributed by atoms with Crippen LogP contribution in [0.15, 0.2) is 18.3 Å². The van der Waals surface area contributed by atoms with Crippen molar-refractivity contribution < 1.29 is 9.59 Å². The van der Waals surface area contributed by atoms with Gasteiger partial charge in [-0.2, -0.15) is 0 Å². The van der Waals surface area contributed by atoms with Gasteiger partial charge in [-0.3, -0.25) is 9.59 Å². The summed E-state index contributed by atoms with van der Waals surface area (Å²) in [6.45, 7) is 8.73. The zero-order chi connectivity index (χ0) is 18.4. The fraction of sp³-hybridized carbons (Fsp3) is 0.632. The van der Waals surface area contributed by atoms with E-state index in [0.29, 0.717) is 19.5 Å². The van der Waals surface area contributed by atoms with Crippen molar-refractivity contribution in [3.8, 4) is 0 Å². The second kappa shape index (κ2) is 8.98. The Morgan fingerprint density at radius 1 is 1.15 bits per heavy atom. The van der Waals surface area contributed by atoms with Crippen LogP contribution in [0.1, 0.15) is 31.7 Å². The molecule has 26 heavy (non-hydrogen) atoms. The van der Waals surface area contributed by atoms with Crippen molar-refractivity contribution in [2.75, 3.05) is 50.7 Å². The summed E-state index contributed by atoms with van der Waals surface area (Å²) in [7, 11) is 0. The normalized spacial score (nSPS) is 18.9. The lowest BCUT2D eigenvalue weighted by molar-refractivity contribution is -0.137. The van der Waals surface area contributed by atoms with Gasteiger partial charge in [-0.15, -0.1) is 0 Å². The molecule has 0 atom stereocenters. The summed E-state index contributed by atoms with van der Waals surface area (Å²) < 4.78 is 0. The highest BCUT2D eigenvalue weighted by atomic mass is 16.2. The van der Waals surface area contributed by atoms with Gasteiger partial charge in [-0.25, -0.2) is 4.98 Å². The van der Waals surface area contributed by atoms with E-state index in [9.17, 15) is 9.59 Å². The van der Waals surface area contributed by atoms with Crippen LogP contribution in [0.2, 0.25) is 0 Å². The summed E-state index contributed by atoms with van der Waals surface area (Å²) in [6, 6.07) is 4.04. The lowest BCUT2D eigenvalue weighted by Crippen LogP contribution is -2.46. The third kappa shape index (κ3) is 4.94. The van der Waals surface area contributed by atoms with E-state index >= 15 is 0 Å². The summed E-state index contributed by atoms with van der Waals surface area (Å²) >= 11 is 0. The van der Waals surface area contributed by atoms with Crippen LogP contribution in [0.5, 0.6) is 0 Å². The molecule has 0 spiro atoms. The van der Waals surface area contributed by atoms with Crippen LogP contribution in [0.3, 0.4) is 0 Å². The third-order valence-corrected chi connectivity index (χ3v) is 5.20. The Morgan fingerprint density at radius 2 is 1.96 bits per heavy atom. The number of carbonyl (C=O) groups excluding carboxylic acids is 2. The fourth-order valence-electron chi connectivity index (χ4n) is 3.46. The Kier molecular flexibility index (Phi) is 6.44. The predicted octanol–water partition coefficient (Wildman–Crippen LogP) is 0.852. The molecule has 0 aromatic carbocycles. The first-order valence-corrected chi connectivity index (χ1v) is 9.62. The van der Waals surface area contributed by atoms with Gasteiger partial charge in [0.2, 0.25) is 11.8 Å². The number of aromatic nitrogens is 1. The molecule has 0 bridgehead atoms. The van der Waals surface area contributed by atoms with Crippen LogP contribution in [-0.2, 0) is 16.1 Å². The van der Waals surface area contributed by atoms with Crippen molar-refractivity contribution in [2.45, 2.75) is 32.7 Å². The van der Waals surface area contributed by atoms with Crippen LogP contribution in [0, 0.1) is 0 Å². The molecule has 2 aliphatic rings. The third-order valence-electron chi connectivity index (χ3n) is 5.20. The second-order valence-corrected chi connectivity index (χ2v) is 7.00. The number of piperazine rings is 1. The van der Waals surface area contributed by atoms with Crippen molar-refractivity contribution in [1.82, 2.24) is 20.1 Å². The molecule has 3 rings (SSSR count). The van der Waals surface area contributed by atoms with E-state index in [4.69, 9.17) is 0 Å². The number of carbonyl (C=O) groups is 2. The largest absolute Gasteiger partial charge is 0.354 e. The highest BCUT2D eigenvalue weighted by molar-refractivity contribution is 5.85. The molecule has 7 heteroatoms. The van der Waals surface area contributed by atoms with Crippen LogP contribution >= 0.6 is 0 Å². The fourth-order valence-corrected chi connectivity index (χ4v) is 3.46. The molecule has 1 aromatic rings. The van der Waals surface area contributed by atoms with Crippen LogP contribution in [0.25, 0.3) is 0 Å². The van der Waals surface area contributed by atoms with Crippen molar-refractivity contribution in [1.29, 1.82) is 0 Å². The average molecular weight is 359 g/mol. The SMILES string of the molecule is CCN1CCN(c2ccc(CNC(=O)CN3CCCCC3=O)cn2)CC1. The minimum absolute atomic E-state index is 0.0839. The molecule has 2 aliphatic heterocycles. The zero-order valence-corrected chi connectivity index (χ0v) is 15.6. The molecule has 142 valence electrons. The first-order chi connectivity index (χ1) is 12.7. The number of nitrogens with zero attached hydrogens (tertiary/aromatic N) is 4. The summed E-state index contributed by atoms with van der Waals surface area (Å²) in [6.07, 6.45) is 4.30. The number of amides is 2. The number of hydrogen-bond acceptors (Lipinski definition) is 5. The number of hydrogen-bond donors (Lipinski definition) is 1. The number of pyridine rings is 1. The van der Waals surface area contributed by atoms with Crippen molar-refractivity contribution in [3.63, 3.8) is 0 Å². The Morgan fingerprint density at radius 3 is 2.62 bits per heavy atom. The standard InChI is InChI=1S/C19H29N5O2/c1-2-22-9-11-23(12-10-22)17-7-6-16(13-20-17)14-21-18(25)15-24-8-4-3-5-19(24)26/h6-7,13H,2-5,8-12,14-15H2,1H3,(H,21,25). The van der Waals surface area contributed by atoms with E-state index in [0.717, 1.165) is 56.9 Å². The van der Waals surface area contributed by atoms with E-state index in [1.54, 1.807) is 4.90 Å². The lowest BCUT2D eigenvalue weighted by atomic mass is 10.1. The molecule has 1 aromatic heterocycles. The van der Waals surface area contributed by atoms with Crippen LogP contribution in [-0.4, -0.2) is 72.4 Å². The molecule has 0 unspecified atom stereocenters. The number of anilines is 1. The molecule has 1 N–H and O–H groups in total. The predicted molar refractivity (Wildman–Crippen MR) is 101 cm³/mol. The minimum Gasteiger partial charge on any atom is -0.354 e. The smallest absolute Gasteiger partial charge is 0.239 e. The topological polar surface area (TPSA) is 68.8 Å². The van der Waals surface area contributed by atoms with E-state index in [-0.39, 0.29) is 18.4 Å². The first kappa shape index (κ1) is 18.6. The quantitative estimate of drug-likeness (QED) is 0.816. The molecule has 2 saturated heterocycles. The molecular weight excluding hydrogens is 330 g/mol. The van der Waals surface area contributed by atoms with Crippen molar-refractivity contribution in [3.05, 3.63) is 23.9 Å². The number of rotatable bonds is 6. The van der Waals surface area contributed by atoms with Gasteiger partial charge in [-0.1, -0.05) is 13.0 Å². The number of piperidine rings is 1. The first-order valence-electron chi connectivity index (χ1n) is 9.62. The highest BCUT2D eigenvalue weighted by Crippen LogP contribution is 2.14. The van der Waals surface area contributed by atoms with E-state index in [1.807, 2.05) is 18.3 Å². The summed E-state index contributed by atoms with van der Waals surface area (Å²) in [5.41, 5.74) is 0.972. The lowest BCUT2D eigenvalue weighted by Gasteiger charge is -2.34. The van der Waals surface area contributed by atoms with Gasteiger partial charge >= 0.3 is 0 Å². The molecule has 2 fully saturated rings. The molecule has 0 saturated carbocycles.